The van der Waals surface area contributed by atoms with E-state index in [1.54, 1.807) is 39.5 Å². The van der Waals surface area contributed by atoms with Crippen LogP contribution < -0.4 is 34.8 Å². The normalized spacial score (nSPS) is 16.4. The first-order valence-corrected chi connectivity index (χ1v) is 13.4. The smallest absolute Gasteiger partial charge is 0.217 e. The maximum Gasteiger partial charge on any atom is 0.217 e. The first-order chi connectivity index (χ1) is 19.3. The summed E-state index contributed by atoms with van der Waals surface area (Å²) >= 11 is 0. The minimum absolute atomic E-state index is 0.116. The molecule has 0 radical (unpaired) electrons. The van der Waals surface area contributed by atoms with Crippen molar-refractivity contribution >= 4 is 17.3 Å². The largest absolute Gasteiger partial charge is 0.493 e. The van der Waals surface area contributed by atoms with Crippen LogP contribution in [0.3, 0.4) is 0 Å². The van der Waals surface area contributed by atoms with Crippen LogP contribution >= 0.6 is 0 Å². The summed E-state index contributed by atoms with van der Waals surface area (Å²) in [5, 5.41) is 3.05. The molecular weight excluding hydrogens is 513 g/mol. The van der Waals surface area contributed by atoms with E-state index in [-0.39, 0.29) is 23.2 Å². The number of ether oxygens (including phenoxy) is 3. The molecule has 2 aliphatic rings. The van der Waals surface area contributed by atoms with E-state index in [0.717, 1.165) is 27.9 Å². The Morgan fingerprint density at radius 2 is 1.57 bits per heavy atom. The summed E-state index contributed by atoms with van der Waals surface area (Å²) in [5.41, 5.74) is 4.78. The van der Waals surface area contributed by atoms with Gasteiger partial charge in [-0.1, -0.05) is 6.07 Å². The van der Waals surface area contributed by atoms with Crippen molar-refractivity contribution in [3.05, 3.63) is 75.7 Å². The SMILES string of the molecule is COc1cc2c(c(OC)c1OC)-c1ccc(N3CCN(c4ccc(F)cc4)CC3)c(=O)cc1C(NC(C)=O)CC2. The molecule has 3 aromatic rings. The molecule has 0 aromatic heterocycles. The third-order valence-electron chi connectivity index (χ3n) is 7.71. The molecule has 0 spiro atoms. The lowest BCUT2D eigenvalue weighted by atomic mass is 9.95. The Morgan fingerprint density at radius 1 is 0.900 bits per heavy atom. The van der Waals surface area contributed by atoms with E-state index < -0.39 is 0 Å². The predicted molar refractivity (Wildman–Crippen MR) is 154 cm³/mol. The van der Waals surface area contributed by atoms with Gasteiger partial charge in [0.05, 0.1) is 33.1 Å². The van der Waals surface area contributed by atoms with Crippen LogP contribution in [0, 0.1) is 5.82 Å². The molecule has 1 fully saturated rings. The van der Waals surface area contributed by atoms with E-state index in [4.69, 9.17) is 14.2 Å². The molecule has 1 atom stereocenters. The van der Waals surface area contributed by atoms with E-state index in [2.05, 4.69) is 15.1 Å². The summed E-state index contributed by atoms with van der Waals surface area (Å²) in [7, 11) is 4.73. The van der Waals surface area contributed by atoms with Gasteiger partial charge in [-0.15, -0.1) is 0 Å². The number of halogens is 1. The molecular formula is C31H34FN3O5. The summed E-state index contributed by atoms with van der Waals surface area (Å²) in [6.45, 7) is 4.16. The van der Waals surface area contributed by atoms with Crippen molar-refractivity contribution in [3.8, 4) is 28.4 Å². The molecule has 1 heterocycles. The second-order valence-corrected chi connectivity index (χ2v) is 10.0. The van der Waals surface area contributed by atoms with Gasteiger partial charge in [-0.2, -0.15) is 0 Å². The van der Waals surface area contributed by atoms with Crippen molar-refractivity contribution in [2.75, 3.05) is 57.3 Å². The fraction of sp³-hybridized carbons (Fsp3) is 0.355. The maximum absolute atomic E-state index is 13.7. The van der Waals surface area contributed by atoms with Crippen LogP contribution in [0.15, 0.2) is 53.3 Å². The van der Waals surface area contributed by atoms with Crippen LogP contribution in [-0.4, -0.2) is 53.4 Å². The van der Waals surface area contributed by atoms with Gasteiger partial charge < -0.3 is 29.3 Å². The fourth-order valence-corrected chi connectivity index (χ4v) is 5.82. The summed E-state index contributed by atoms with van der Waals surface area (Å²) < 4.78 is 30.5. The molecule has 210 valence electrons. The average Bonchev–Trinajstić information content (AvgIpc) is 3.21. The van der Waals surface area contributed by atoms with Gasteiger partial charge in [0.2, 0.25) is 17.1 Å². The zero-order chi connectivity index (χ0) is 28.4. The topological polar surface area (TPSA) is 80.3 Å². The van der Waals surface area contributed by atoms with Gasteiger partial charge >= 0.3 is 0 Å². The number of hydrogen-bond acceptors (Lipinski definition) is 7. The third-order valence-corrected chi connectivity index (χ3v) is 7.71. The zero-order valence-electron chi connectivity index (χ0n) is 23.3. The summed E-state index contributed by atoms with van der Waals surface area (Å²) in [4.78, 5) is 30.2. The minimum atomic E-state index is -0.357. The van der Waals surface area contributed by atoms with Gasteiger partial charge in [-0.25, -0.2) is 4.39 Å². The molecule has 8 nitrogen and oxygen atoms in total. The Hall–Kier alpha value is -4.27. The van der Waals surface area contributed by atoms with Gasteiger partial charge in [0, 0.05) is 44.4 Å². The average molecular weight is 548 g/mol. The van der Waals surface area contributed by atoms with Crippen LogP contribution in [0.1, 0.15) is 30.5 Å². The van der Waals surface area contributed by atoms with Gasteiger partial charge in [0.1, 0.15) is 5.82 Å². The summed E-state index contributed by atoms with van der Waals surface area (Å²) in [5.74, 6) is 1.12. The first kappa shape index (κ1) is 27.3. The molecule has 40 heavy (non-hydrogen) atoms. The van der Waals surface area contributed by atoms with Gasteiger partial charge in [-0.3, -0.25) is 9.59 Å². The molecule has 1 N–H and O–H groups in total. The Bertz CT molecular complexity index is 1470. The number of aryl methyl sites for hydroxylation is 1. The molecule has 5 rings (SSSR count). The highest BCUT2D eigenvalue weighted by Gasteiger charge is 2.30. The van der Waals surface area contributed by atoms with E-state index in [1.165, 1.54) is 19.1 Å². The van der Waals surface area contributed by atoms with E-state index in [0.29, 0.717) is 62.0 Å². The lowest BCUT2D eigenvalue weighted by Crippen LogP contribution is -2.47. The summed E-state index contributed by atoms with van der Waals surface area (Å²) in [6.07, 6.45) is 1.25. The molecule has 1 saturated heterocycles. The highest BCUT2D eigenvalue weighted by Crippen LogP contribution is 2.50. The number of nitrogens with zero attached hydrogens (tertiary/aromatic N) is 2. The number of carbonyl (C=O) groups excluding carboxylic acids is 1. The number of piperazine rings is 1. The monoisotopic (exact) mass is 547 g/mol. The Balaban J connectivity index is 1.58. The zero-order valence-corrected chi connectivity index (χ0v) is 23.3. The van der Waals surface area contributed by atoms with Gasteiger partial charge in [-0.05, 0) is 72.0 Å². The maximum atomic E-state index is 13.7. The highest BCUT2D eigenvalue weighted by molar-refractivity contribution is 5.83. The quantitative estimate of drug-likeness (QED) is 0.492. The summed E-state index contributed by atoms with van der Waals surface area (Å²) in [6, 6.07) is 13.5. The number of carbonyl (C=O) groups is 1. The van der Waals surface area contributed by atoms with Crippen molar-refractivity contribution in [1.82, 2.24) is 5.32 Å². The first-order valence-electron chi connectivity index (χ1n) is 13.4. The number of methoxy groups -OCH3 is 3. The Labute approximate surface area is 233 Å². The van der Waals surface area contributed by atoms with Crippen LogP contribution in [0.25, 0.3) is 11.1 Å². The third kappa shape index (κ3) is 5.15. The fourth-order valence-electron chi connectivity index (χ4n) is 5.82. The number of hydrogen-bond donors (Lipinski definition) is 1. The number of fused-ring (bicyclic) bond motifs is 3. The van der Waals surface area contributed by atoms with E-state index in [1.807, 2.05) is 18.2 Å². The van der Waals surface area contributed by atoms with Gasteiger partial charge in [0.15, 0.2) is 11.5 Å². The van der Waals surface area contributed by atoms with Crippen molar-refractivity contribution in [3.63, 3.8) is 0 Å². The molecule has 0 bridgehead atoms. The second kappa shape index (κ2) is 11.5. The predicted octanol–water partition coefficient (Wildman–Crippen LogP) is 4.33. The highest BCUT2D eigenvalue weighted by atomic mass is 19.1. The van der Waals surface area contributed by atoms with Crippen molar-refractivity contribution in [2.24, 2.45) is 0 Å². The number of anilines is 2. The number of nitrogens with one attached hydrogen (secondary N) is 1. The van der Waals surface area contributed by atoms with Crippen molar-refractivity contribution in [2.45, 2.75) is 25.8 Å². The molecule has 1 amide bonds. The number of benzene rings is 2. The van der Waals surface area contributed by atoms with Crippen LogP contribution in [0.2, 0.25) is 0 Å². The molecule has 0 saturated carbocycles. The van der Waals surface area contributed by atoms with E-state index in [9.17, 15) is 14.0 Å². The molecule has 1 aliphatic heterocycles. The minimum Gasteiger partial charge on any atom is -0.493 e. The Kier molecular flexibility index (Phi) is 7.82. The number of rotatable bonds is 6. The van der Waals surface area contributed by atoms with Crippen LogP contribution in [-0.2, 0) is 11.2 Å². The van der Waals surface area contributed by atoms with Crippen molar-refractivity contribution < 1.29 is 23.4 Å². The molecule has 1 aliphatic carbocycles. The van der Waals surface area contributed by atoms with E-state index >= 15 is 0 Å². The van der Waals surface area contributed by atoms with Crippen LogP contribution in [0.5, 0.6) is 17.2 Å². The lowest BCUT2D eigenvalue weighted by molar-refractivity contribution is -0.119. The standard InChI is InChI=1S/C31H34FN3O5/c1-19(36)33-25-11-5-20-17-28(38-2)30(39-3)31(40-4)29(20)23-10-12-26(27(37)18-24(23)25)35-15-13-34(14-16-35)22-8-6-21(32)7-9-22/h6-10,12,17-18,25H,5,11,13-16H2,1-4H3,(H,33,36). The van der Waals surface area contributed by atoms with Crippen LogP contribution in [0.4, 0.5) is 15.8 Å². The molecule has 3 aromatic carbocycles. The Morgan fingerprint density at radius 3 is 2.20 bits per heavy atom. The lowest BCUT2D eigenvalue weighted by Gasteiger charge is -2.36. The molecule has 9 heteroatoms. The second-order valence-electron chi connectivity index (χ2n) is 10.0. The van der Waals surface area contributed by atoms with Gasteiger partial charge in [0.25, 0.3) is 0 Å². The molecule has 1 unspecified atom stereocenters. The number of amides is 1. The van der Waals surface area contributed by atoms with Crippen molar-refractivity contribution in [1.29, 1.82) is 0 Å².